The van der Waals surface area contributed by atoms with Gasteiger partial charge in [-0.2, -0.15) is 0 Å². The molecule has 0 radical (unpaired) electrons. The van der Waals surface area contributed by atoms with Crippen molar-refractivity contribution < 1.29 is 19.4 Å². The maximum atomic E-state index is 12.1. The Morgan fingerprint density at radius 1 is 0.700 bits per heavy atom. The van der Waals surface area contributed by atoms with Gasteiger partial charge < -0.3 is 20.4 Å². The molecule has 0 spiro atoms. The number of likely N-dealkylation sites (tertiary alicyclic amines) is 2. The highest BCUT2D eigenvalue weighted by molar-refractivity contribution is 5.95. The molecule has 0 saturated carbocycles. The molecule has 2 aliphatic heterocycles. The van der Waals surface area contributed by atoms with E-state index in [4.69, 9.17) is 0 Å². The Morgan fingerprint density at radius 2 is 1.02 bits per heavy atom. The Bertz CT molecular complexity index is 1140. The second-order valence-corrected chi connectivity index (χ2v) is 10.6. The molecule has 40 heavy (non-hydrogen) atoms. The van der Waals surface area contributed by atoms with E-state index in [1.807, 2.05) is 0 Å². The average molecular weight is 555 g/mol. The third kappa shape index (κ3) is 8.55. The molecule has 2 N–H and O–H groups in total. The predicted molar refractivity (Wildman–Crippen MR) is 152 cm³/mol. The Hall–Kier alpha value is -3.90. The van der Waals surface area contributed by atoms with Gasteiger partial charge >= 0.3 is 0 Å². The van der Waals surface area contributed by atoms with Crippen LogP contribution >= 0.6 is 0 Å². The summed E-state index contributed by atoms with van der Waals surface area (Å²) in [4.78, 5) is 49.4. The van der Waals surface area contributed by atoms with Crippen LogP contribution in [0.2, 0.25) is 0 Å². The van der Waals surface area contributed by atoms with Gasteiger partial charge in [-0.1, -0.05) is 0 Å². The number of amides is 2. The van der Waals surface area contributed by atoms with E-state index in [-0.39, 0.29) is 35.3 Å². The first-order valence-corrected chi connectivity index (χ1v) is 13.4. The van der Waals surface area contributed by atoms with Gasteiger partial charge in [-0.3, -0.25) is 29.8 Å². The molecule has 2 fully saturated rings. The number of piperidine rings is 2. The highest BCUT2D eigenvalue weighted by Crippen LogP contribution is 2.20. The molecule has 216 valence electrons. The van der Waals surface area contributed by atoms with Crippen LogP contribution in [0.3, 0.4) is 0 Å². The van der Waals surface area contributed by atoms with Crippen molar-refractivity contribution in [3.05, 3.63) is 78.9 Å². The highest BCUT2D eigenvalue weighted by Gasteiger charge is 2.21. The fraction of sp³-hybridized carbons (Fsp3) is 0.500. The van der Waals surface area contributed by atoms with E-state index in [2.05, 4.69) is 34.5 Å². The molecule has 2 aromatic carbocycles. The SMILES string of the molecule is Cc1cc(C(=O)NC2CCN(C)CC2)ccc1[N+](=O)[O-].Cc1cc(C(=O)NC2CCN(C)CC2)ccc1[N+](=O)[O-]. The molecule has 0 bridgehead atoms. The first-order valence-electron chi connectivity index (χ1n) is 13.4. The molecule has 12 heteroatoms. The van der Waals surface area contributed by atoms with Crippen molar-refractivity contribution in [3.63, 3.8) is 0 Å². The fourth-order valence-corrected chi connectivity index (χ4v) is 4.85. The van der Waals surface area contributed by atoms with Crippen molar-refractivity contribution >= 4 is 23.2 Å². The van der Waals surface area contributed by atoms with Crippen LogP contribution in [0.25, 0.3) is 0 Å². The third-order valence-electron chi connectivity index (χ3n) is 7.42. The number of benzene rings is 2. The Kier molecular flexibility index (Phi) is 10.7. The molecular formula is C28H38N6O6. The number of carbonyl (C=O) groups is 2. The molecule has 2 amide bonds. The van der Waals surface area contributed by atoms with Gasteiger partial charge in [-0.25, -0.2) is 0 Å². The molecule has 0 aromatic heterocycles. The summed E-state index contributed by atoms with van der Waals surface area (Å²) in [7, 11) is 4.13. The second-order valence-electron chi connectivity index (χ2n) is 10.6. The minimum atomic E-state index is -0.437. The Balaban J connectivity index is 0.000000220. The maximum Gasteiger partial charge on any atom is 0.272 e. The van der Waals surface area contributed by atoms with Crippen LogP contribution in [0.5, 0.6) is 0 Å². The fourth-order valence-electron chi connectivity index (χ4n) is 4.85. The zero-order chi connectivity index (χ0) is 29.4. The van der Waals surface area contributed by atoms with Crippen molar-refractivity contribution in [1.82, 2.24) is 20.4 Å². The summed E-state index contributed by atoms with van der Waals surface area (Å²) in [6, 6.07) is 9.32. The topological polar surface area (TPSA) is 151 Å². The van der Waals surface area contributed by atoms with Gasteiger partial charge in [0.05, 0.1) is 9.85 Å². The monoisotopic (exact) mass is 554 g/mol. The van der Waals surface area contributed by atoms with E-state index in [0.717, 1.165) is 51.9 Å². The molecule has 2 heterocycles. The van der Waals surface area contributed by atoms with E-state index in [0.29, 0.717) is 22.3 Å². The zero-order valence-corrected chi connectivity index (χ0v) is 23.5. The molecule has 12 nitrogen and oxygen atoms in total. The van der Waals surface area contributed by atoms with Gasteiger partial charge in [0, 0.05) is 46.5 Å². The van der Waals surface area contributed by atoms with E-state index < -0.39 is 9.85 Å². The number of nitro groups is 2. The number of rotatable bonds is 6. The summed E-state index contributed by atoms with van der Waals surface area (Å²) in [6.45, 7) is 7.19. The van der Waals surface area contributed by atoms with E-state index in [9.17, 15) is 29.8 Å². The number of nitro benzene ring substituents is 2. The minimum Gasteiger partial charge on any atom is -0.349 e. The number of aryl methyl sites for hydroxylation is 2. The summed E-state index contributed by atoms with van der Waals surface area (Å²) in [5, 5.41) is 27.5. The molecule has 2 aromatic rings. The van der Waals surface area contributed by atoms with Gasteiger partial charge in [0.15, 0.2) is 0 Å². The largest absolute Gasteiger partial charge is 0.349 e. The lowest BCUT2D eigenvalue weighted by molar-refractivity contribution is -0.385. The molecule has 0 unspecified atom stereocenters. The zero-order valence-electron chi connectivity index (χ0n) is 23.5. The number of carbonyl (C=O) groups excluding carboxylic acids is 2. The highest BCUT2D eigenvalue weighted by atomic mass is 16.6. The number of hydrogen-bond acceptors (Lipinski definition) is 8. The smallest absolute Gasteiger partial charge is 0.272 e. The minimum absolute atomic E-state index is 0.0424. The van der Waals surface area contributed by atoms with Gasteiger partial charge in [-0.15, -0.1) is 0 Å². The maximum absolute atomic E-state index is 12.1. The lowest BCUT2D eigenvalue weighted by Gasteiger charge is -2.29. The van der Waals surface area contributed by atoms with Crippen molar-refractivity contribution in [2.45, 2.75) is 51.6 Å². The van der Waals surface area contributed by atoms with E-state index in [1.165, 1.54) is 24.3 Å². The van der Waals surface area contributed by atoms with Crippen LogP contribution in [-0.4, -0.2) is 83.8 Å². The number of nitrogens with zero attached hydrogens (tertiary/aromatic N) is 4. The van der Waals surface area contributed by atoms with Crippen molar-refractivity contribution in [3.8, 4) is 0 Å². The van der Waals surface area contributed by atoms with Crippen LogP contribution in [0.4, 0.5) is 11.4 Å². The molecule has 2 saturated heterocycles. The van der Waals surface area contributed by atoms with Crippen molar-refractivity contribution in [2.24, 2.45) is 0 Å². The Morgan fingerprint density at radius 3 is 1.30 bits per heavy atom. The van der Waals surface area contributed by atoms with Crippen LogP contribution in [0.15, 0.2) is 36.4 Å². The molecule has 2 aliphatic rings. The summed E-state index contributed by atoms with van der Waals surface area (Å²) >= 11 is 0. The van der Waals surface area contributed by atoms with Crippen LogP contribution in [0, 0.1) is 34.1 Å². The summed E-state index contributed by atoms with van der Waals surface area (Å²) in [6.07, 6.45) is 3.75. The van der Waals surface area contributed by atoms with Crippen LogP contribution in [-0.2, 0) is 0 Å². The molecule has 0 atom stereocenters. The first-order chi connectivity index (χ1) is 18.9. The quantitative estimate of drug-likeness (QED) is 0.407. The third-order valence-corrected chi connectivity index (χ3v) is 7.42. The molecule has 4 rings (SSSR count). The standard InChI is InChI=1S/2C14H19N3O3/c2*1-10-9-11(3-4-13(10)17(19)20)14(18)15-12-5-7-16(2)8-6-12/h2*3-4,9,12H,5-8H2,1-2H3,(H,15,18). The number of nitrogens with one attached hydrogen (secondary N) is 2. The van der Waals surface area contributed by atoms with Crippen molar-refractivity contribution in [1.29, 1.82) is 0 Å². The summed E-state index contributed by atoms with van der Waals surface area (Å²) in [5.74, 6) is -0.310. The average Bonchev–Trinajstić information content (AvgIpc) is 2.91. The summed E-state index contributed by atoms with van der Waals surface area (Å²) < 4.78 is 0. The molecular weight excluding hydrogens is 516 g/mol. The second kappa shape index (κ2) is 13.9. The summed E-state index contributed by atoms with van der Waals surface area (Å²) in [5.41, 5.74) is 2.05. The molecule has 0 aliphatic carbocycles. The van der Waals surface area contributed by atoms with Crippen molar-refractivity contribution in [2.75, 3.05) is 40.3 Å². The van der Waals surface area contributed by atoms with Gasteiger partial charge in [0.2, 0.25) is 0 Å². The lowest BCUT2D eigenvalue weighted by Crippen LogP contribution is -2.43. The van der Waals surface area contributed by atoms with Gasteiger partial charge in [0.25, 0.3) is 23.2 Å². The normalized spacial score (nSPS) is 16.9. The van der Waals surface area contributed by atoms with E-state index in [1.54, 1.807) is 26.0 Å². The van der Waals surface area contributed by atoms with Gasteiger partial charge in [0.1, 0.15) is 0 Å². The first kappa shape index (κ1) is 30.6. The van der Waals surface area contributed by atoms with Crippen LogP contribution < -0.4 is 10.6 Å². The lowest BCUT2D eigenvalue weighted by atomic mass is 10.0. The van der Waals surface area contributed by atoms with Crippen LogP contribution in [0.1, 0.15) is 57.5 Å². The van der Waals surface area contributed by atoms with Gasteiger partial charge in [-0.05, 0) is 104 Å². The number of hydrogen-bond donors (Lipinski definition) is 2. The Labute approximate surface area is 234 Å². The predicted octanol–water partition coefficient (Wildman–Crippen LogP) is 3.45. The van der Waals surface area contributed by atoms with E-state index >= 15 is 0 Å².